The van der Waals surface area contributed by atoms with E-state index in [-0.39, 0.29) is 5.91 Å². The summed E-state index contributed by atoms with van der Waals surface area (Å²) < 4.78 is 5.54. The molecule has 4 aromatic rings. The van der Waals surface area contributed by atoms with Gasteiger partial charge in [-0.25, -0.2) is 9.97 Å². The van der Waals surface area contributed by atoms with E-state index in [0.29, 0.717) is 28.2 Å². The lowest BCUT2D eigenvalue weighted by Gasteiger charge is -2.18. The maximum absolute atomic E-state index is 12.2. The van der Waals surface area contributed by atoms with E-state index in [0.717, 1.165) is 27.6 Å². The average Bonchev–Trinajstić information content (AvgIpc) is 3.33. The second-order valence-electron chi connectivity index (χ2n) is 6.40. The quantitative estimate of drug-likeness (QED) is 0.341. The summed E-state index contributed by atoms with van der Waals surface area (Å²) in [6, 6.07) is 13.0. The number of aromatic nitrogens is 3. The number of hydrogen-bond acceptors (Lipinski definition) is 6. The van der Waals surface area contributed by atoms with Gasteiger partial charge in [0, 0.05) is 29.1 Å². The van der Waals surface area contributed by atoms with Crippen molar-refractivity contribution in [2.75, 3.05) is 11.5 Å². The van der Waals surface area contributed by atoms with Crippen molar-refractivity contribution in [1.29, 1.82) is 0 Å². The predicted molar refractivity (Wildman–Crippen MR) is 123 cm³/mol. The molecule has 2 heterocycles. The normalized spacial score (nSPS) is 11.0. The summed E-state index contributed by atoms with van der Waals surface area (Å²) in [4.78, 5) is 26.4. The molecular formula is C21H19ClN4O2S2. The number of fused-ring (bicyclic) bond motifs is 1. The predicted octanol–water partition coefficient (Wildman–Crippen LogP) is 6.05. The lowest BCUT2D eigenvalue weighted by molar-refractivity contribution is -0.115. The number of rotatable bonds is 7. The number of nitrogens with one attached hydrogen (secondary N) is 1. The molecule has 0 bridgehead atoms. The lowest BCUT2D eigenvalue weighted by Crippen LogP contribution is -2.22. The van der Waals surface area contributed by atoms with Crippen LogP contribution in [0.1, 0.15) is 19.5 Å². The lowest BCUT2D eigenvalue weighted by atomic mass is 10.3. The number of imidazole rings is 1. The number of anilines is 2. The molecule has 2 aromatic carbocycles. The molecule has 1 amide bonds. The van der Waals surface area contributed by atoms with E-state index < -0.39 is 0 Å². The number of hydrogen-bond donors (Lipinski definition) is 1. The highest BCUT2D eigenvalue weighted by atomic mass is 35.5. The number of aromatic amines is 1. The Hall–Kier alpha value is -2.55. The molecule has 2 aromatic heterocycles. The highest BCUT2D eigenvalue weighted by Crippen LogP contribution is 2.32. The minimum Gasteiger partial charge on any atom is -0.494 e. The van der Waals surface area contributed by atoms with Gasteiger partial charge in [0.25, 0.3) is 0 Å². The molecule has 9 heteroatoms. The summed E-state index contributed by atoms with van der Waals surface area (Å²) in [5, 5.41) is 3.96. The molecule has 0 aliphatic heterocycles. The minimum atomic E-state index is -0.117. The Balaban J connectivity index is 1.49. The van der Waals surface area contributed by atoms with Gasteiger partial charge >= 0.3 is 0 Å². The van der Waals surface area contributed by atoms with Crippen molar-refractivity contribution >= 4 is 62.5 Å². The van der Waals surface area contributed by atoms with Gasteiger partial charge in [0.1, 0.15) is 5.75 Å². The van der Waals surface area contributed by atoms with Crippen molar-refractivity contribution in [1.82, 2.24) is 15.0 Å². The SMILES string of the molecule is CCOc1ccc2nc(SCc3csc(N(C(C)=O)c4cccc(Cl)c4)n3)[nH]c2c1. The first-order valence-corrected chi connectivity index (χ1v) is 11.5. The van der Waals surface area contributed by atoms with Crippen molar-refractivity contribution in [3.05, 3.63) is 58.6 Å². The highest BCUT2D eigenvalue weighted by Gasteiger charge is 2.18. The summed E-state index contributed by atoms with van der Waals surface area (Å²) in [5.74, 6) is 1.34. The Morgan fingerprint density at radius 1 is 1.27 bits per heavy atom. The average molecular weight is 459 g/mol. The van der Waals surface area contributed by atoms with Gasteiger partial charge in [-0.15, -0.1) is 11.3 Å². The van der Waals surface area contributed by atoms with Crippen LogP contribution in [0.4, 0.5) is 10.8 Å². The molecule has 6 nitrogen and oxygen atoms in total. The smallest absolute Gasteiger partial charge is 0.230 e. The molecule has 0 spiro atoms. The number of ether oxygens (including phenoxy) is 1. The zero-order valence-electron chi connectivity index (χ0n) is 16.4. The largest absolute Gasteiger partial charge is 0.494 e. The number of benzene rings is 2. The summed E-state index contributed by atoms with van der Waals surface area (Å²) in [6.45, 7) is 4.10. The molecule has 0 radical (unpaired) electrons. The van der Waals surface area contributed by atoms with E-state index in [1.54, 1.807) is 28.8 Å². The molecule has 0 saturated carbocycles. The number of H-pyrrole nitrogens is 1. The van der Waals surface area contributed by atoms with Crippen LogP contribution in [-0.4, -0.2) is 27.5 Å². The molecule has 30 heavy (non-hydrogen) atoms. The summed E-state index contributed by atoms with van der Waals surface area (Å²) >= 11 is 9.08. The first-order valence-electron chi connectivity index (χ1n) is 9.29. The maximum Gasteiger partial charge on any atom is 0.230 e. The van der Waals surface area contributed by atoms with E-state index >= 15 is 0 Å². The van der Waals surface area contributed by atoms with Crippen LogP contribution in [0, 0.1) is 0 Å². The fraction of sp³-hybridized carbons (Fsp3) is 0.190. The van der Waals surface area contributed by atoms with Crippen LogP contribution in [0.3, 0.4) is 0 Å². The van der Waals surface area contributed by atoms with Crippen LogP contribution in [0.15, 0.2) is 53.0 Å². The number of carbonyl (C=O) groups excluding carboxylic acids is 1. The monoisotopic (exact) mass is 458 g/mol. The van der Waals surface area contributed by atoms with Gasteiger partial charge in [-0.05, 0) is 37.3 Å². The fourth-order valence-corrected chi connectivity index (χ4v) is 4.89. The van der Waals surface area contributed by atoms with Crippen LogP contribution in [0.25, 0.3) is 11.0 Å². The number of amides is 1. The van der Waals surface area contributed by atoms with Crippen molar-refractivity contribution < 1.29 is 9.53 Å². The number of nitrogens with zero attached hydrogens (tertiary/aromatic N) is 3. The van der Waals surface area contributed by atoms with E-state index in [1.807, 2.05) is 42.6 Å². The minimum absolute atomic E-state index is 0.117. The summed E-state index contributed by atoms with van der Waals surface area (Å²) in [5.41, 5.74) is 3.41. The molecule has 0 atom stereocenters. The van der Waals surface area contributed by atoms with Gasteiger partial charge in [0.2, 0.25) is 5.91 Å². The van der Waals surface area contributed by atoms with Gasteiger partial charge in [0.15, 0.2) is 10.3 Å². The standard InChI is InChI=1S/C21H19ClN4O2S2/c1-3-28-17-7-8-18-19(10-17)25-20(24-18)29-11-15-12-30-21(23-15)26(13(2)27)16-6-4-5-14(22)9-16/h4-10,12H,3,11H2,1-2H3,(H,24,25). The number of thiazole rings is 1. The van der Waals surface area contributed by atoms with Crippen LogP contribution in [-0.2, 0) is 10.5 Å². The molecule has 0 aliphatic rings. The van der Waals surface area contributed by atoms with E-state index in [2.05, 4.69) is 15.0 Å². The second-order valence-corrected chi connectivity index (χ2v) is 8.64. The van der Waals surface area contributed by atoms with Crippen LogP contribution >= 0.6 is 34.7 Å². The number of carbonyl (C=O) groups is 1. The van der Waals surface area contributed by atoms with Crippen LogP contribution in [0.5, 0.6) is 5.75 Å². The second kappa shape index (κ2) is 9.07. The molecule has 4 rings (SSSR count). The molecule has 0 unspecified atom stereocenters. The van der Waals surface area contributed by atoms with Crippen molar-refractivity contribution in [3.63, 3.8) is 0 Å². The first kappa shape index (κ1) is 20.7. The van der Waals surface area contributed by atoms with Crippen LogP contribution < -0.4 is 9.64 Å². The molecule has 0 saturated heterocycles. The third kappa shape index (κ3) is 4.61. The maximum atomic E-state index is 12.2. The number of thioether (sulfide) groups is 1. The van der Waals surface area contributed by atoms with Gasteiger partial charge in [0.05, 0.1) is 29.0 Å². The Kier molecular flexibility index (Phi) is 6.26. The topological polar surface area (TPSA) is 71.1 Å². The summed E-state index contributed by atoms with van der Waals surface area (Å²) in [6.07, 6.45) is 0. The Bertz CT molecular complexity index is 1190. The van der Waals surface area contributed by atoms with Gasteiger partial charge in [-0.2, -0.15) is 0 Å². The van der Waals surface area contributed by atoms with Gasteiger partial charge in [-0.3, -0.25) is 9.69 Å². The summed E-state index contributed by atoms with van der Waals surface area (Å²) in [7, 11) is 0. The molecule has 1 N–H and O–H groups in total. The number of halogens is 1. The third-order valence-corrected chi connectivity index (χ3v) is 6.23. The first-order chi connectivity index (χ1) is 14.5. The molecule has 0 fully saturated rings. The fourth-order valence-electron chi connectivity index (χ4n) is 2.94. The van der Waals surface area contributed by atoms with E-state index in [1.165, 1.54) is 18.3 Å². The van der Waals surface area contributed by atoms with Crippen molar-refractivity contribution in [3.8, 4) is 5.75 Å². The van der Waals surface area contributed by atoms with E-state index in [4.69, 9.17) is 16.3 Å². The Morgan fingerprint density at radius 3 is 2.90 bits per heavy atom. The third-order valence-electron chi connectivity index (χ3n) is 4.21. The molecule has 0 aliphatic carbocycles. The van der Waals surface area contributed by atoms with Crippen molar-refractivity contribution in [2.24, 2.45) is 0 Å². The Labute approximate surface area is 187 Å². The zero-order chi connectivity index (χ0) is 21.1. The molecule has 154 valence electrons. The highest BCUT2D eigenvalue weighted by molar-refractivity contribution is 7.98. The zero-order valence-corrected chi connectivity index (χ0v) is 18.8. The van der Waals surface area contributed by atoms with E-state index in [9.17, 15) is 4.79 Å². The van der Waals surface area contributed by atoms with Crippen LogP contribution in [0.2, 0.25) is 5.02 Å². The van der Waals surface area contributed by atoms with Gasteiger partial charge in [-0.1, -0.05) is 29.4 Å². The van der Waals surface area contributed by atoms with Gasteiger partial charge < -0.3 is 9.72 Å². The Morgan fingerprint density at radius 2 is 2.13 bits per heavy atom. The van der Waals surface area contributed by atoms with Crippen molar-refractivity contribution in [2.45, 2.75) is 24.8 Å². The molecular weight excluding hydrogens is 440 g/mol.